The van der Waals surface area contributed by atoms with Gasteiger partial charge in [-0.3, -0.25) is 9.36 Å². The van der Waals surface area contributed by atoms with Crippen LogP contribution in [-0.4, -0.2) is 76.3 Å². The summed E-state index contributed by atoms with van der Waals surface area (Å²) in [6.45, 7) is 4.57. The van der Waals surface area contributed by atoms with Gasteiger partial charge in [0.2, 0.25) is 0 Å². The van der Waals surface area contributed by atoms with Crippen LogP contribution in [0.3, 0.4) is 0 Å². The number of phosphoric acid groups is 1. The van der Waals surface area contributed by atoms with E-state index in [0.717, 1.165) is 44.9 Å². The van der Waals surface area contributed by atoms with E-state index in [1.54, 1.807) is 6.26 Å². The quantitative estimate of drug-likeness (QED) is 0.0115. The lowest BCUT2D eigenvalue weighted by Gasteiger charge is -2.28. The van der Waals surface area contributed by atoms with E-state index < -0.39 is 13.9 Å². The number of phosphoric ester groups is 1. The molecule has 9 nitrogen and oxygen atoms in total. The number of hydrogen-bond acceptors (Lipinski definition) is 8. The van der Waals surface area contributed by atoms with Crippen LogP contribution < -0.4 is 4.89 Å². The fourth-order valence-corrected chi connectivity index (χ4v) is 6.58. The summed E-state index contributed by atoms with van der Waals surface area (Å²) >= 11 is 0. The number of quaternary nitrogens is 1. The van der Waals surface area contributed by atoms with E-state index in [9.17, 15) is 14.3 Å². The van der Waals surface area contributed by atoms with Crippen molar-refractivity contribution in [2.24, 2.45) is 0 Å². The third-order valence-electron chi connectivity index (χ3n) is 9.53. The second kappa shape index (κ2) is 35.0. The van der Waals surface area contributed by atoms with E-state index in [2.05, 4.69) is 62.5 Å². The van der Waals surface area contributed by atoms with E-state index in [1.807, 2.05) is 27.2 Å². The van der Waals surface area contributed by atoms with Crippen molar-refractivity contribution in [3.05, 3.63) is 60.9 Å². The molecule has 0 N–H and O–H groups in total. The molecule has 1 rings (SSSR count). The summed E-state index contributed by atoms with van der Waals surface area (Å²) < 4.78 is 40.1. The first-order valence-corrected chi connectivity index (χ1v) is 23.6. The number of nitrogens with zero attached hydrogens (tertiary/aromatic N) is 1. The maximum Gasteiger partial charge on any atom is 0.305 e. The first kappa shape index (κ1) is 52.0. The number of allylic oxidation sites excluding steroid dienone is 7. The molecule has 1 saturated heterocycles. The molecule has 1 aliphatic heterocycles. The lowest BCUT2D eigenvalue weighted by Crippen LogP contribution is -2.37. The van der Waals surface area contributed by atoms with Crippen molar-refractivity contribution in [3.8, 4) is 0 Å². The molecule has 0 saturated carbocycles. The zero-order valence-corrected chi connectivity index (χ0v) is 37.2. The number of carbonyl (C=O) groups excluding carboxylic acids is 1. The van der Waals surface area contributed by atoms with E-state index in [4.69, 9.17) is 23.3 Å². The molecule has 4 atom stereocenters. The molecule has 3 unspecified atom stereocenters. The molecular formula is C46H82NO8P. The highest BCUT2D eigenvalue weighted by molar-refractivity contribution is 7.45. The third kappa shape index (κ3) is 35.2. The molecule has 0 spiro atoms. The average molecular weight is 808 g/mol. The number of esters is 1. The predicted octanol–water partition coefficient (Wildman–Crippen LogP) is 11.6. The van der Waals surface area contributed by atoms with Gasteiger partial charge in [0.25, 0.3) is 7.82 Å². The number of rotatable bonds is 39. The molecule has 1 fully saturated rings. The summed E-state index contributed by atoms with van der Waals surface area (Å²) in [7, 11) is 1.31. The van der Waals surface area contributed by atoms with Crippen molar-refractivity contribution in [1.29, 1.82) is 0 Å². The van der Waals surface area contributed by atoms with Crippen LogP contribution in [0.5, 0.6) is 0 Å². The monoisotopic (exact) mass is 808 g/mol. The molecule has 1 heterocycles. The fraction of sp³-hybridized carbons (Fsp3) is 0.761. The van der Waals surface area contributed by atoms with Gasteiger partial charge >= 0.3 is 5.97 Å². The summed E-state index contributed by atoms with van der Waals surface area (Å²) in [5.41, 5.74) is 0. The molecule has 0 bridgehead atoms. The minimum atomic E-state index is -4.54. The van der Waals surface area contributed by atoms with E-state index >= 15 is 0 Å². The molecule has 324 valence electrons. The molecule has 0 radical (unpaired) electrons. The fourth-order valence-electron chi connectivity index (χ4n) is 5.85. The SMILES string of the molecule is CCCCC/C=C\CC1OC1C/C=C\C/C=C\CCCC(=O)OC[C@H](COP(=O)([O-])OCC[N+](C)(C)C)O/C=C/CCCCCCCC/C=C\CCCCCC. The Hall–Kier alpha value is -2.00. The van der Waals surface area contributed by atoms with Gasteiger partial charge in [0.05, 0.1) is 46.2 Å². The van der Waals surface area contributed by atoms with Crippen LogP contribution in [0, 0.1) is 0 Å². The molecular weight excluding hydrogens is 725 g/mol. The Kier molecular flexibility index (Phi) is 32.5. The highest BCUT2D eigenvalue weighted by Gasteiger charge is 2.36. The van der Waals surface area contributed by atoms with Crippen molar-refractivity contribution < 1.29 is 42.0 Å². The van der Waals surface area contributed by atoms with Crippen LogP contribution in [0.1, 0.15) is 162 Å². The number of hydrogen-bond donors (Lipinski definition) is 0. The Morgan fingerprint density at radius 1 is 0.661 bits per heavy atom. The lowest BCUT2D eigenvalue weighted by atomic mass is 10.1. The van der Waals surface area contributed by atoms with Crippen molar-refractivity contribution in [2.45, 2.75) is 180 Å². The molecule has 56 heavy (non-hydrogen) atoms. The van der Waals surface area contributed by atoms with Gasteiger partial charge in [0.15, 0.2) is 6.10 Å². The van der Waals surface area contributed by atoms with Crippen LogP contribution in [0.2, 0.25) is 0 Å². The Morgan fingerprint density at radius 3 is 1.80 bits per heavy atom. The van der Waals surface area contributed by atoms with Gasteiger partial charge in [-0.15, -0.1) is 0 Å². The summed E-state index contributed by atoms with van der Waals surface area (Å²) in [5, 5.41) is 0. The topological polar surface area (TPSA) is 107 Å². The van der Waals surface area contributed by atoms with Crippen molar-refractivity contribution in [3.63, 3.8) is 0 Å². The van der Waals surface area contributed by atoms with Gasteiger partial charge < -0.3 is 32.6 Å². The second-order valence-corrected chi connectivity index (χ2v) is 17.6. The summed E-state index contributed by atoms with van der Waals surface area (Å²) in [6, 6.07) is 0. The zero-order valence-electron chi connectivity index (χ0n) is 36.3. The number of epoxide rings is 1. The molecule has 10 heteroatoms. The van der Waals surface area contributed by atoms with Gasteiger partial charge in [-0.05, 0) is 89.5 Å². The highest BCUT2D eigenvalue weighted by Crippen LogP contribution is 2.38. The summed E-state index contributed by atoms with van der Waals surface area (Å²) in [4.78, 5) is 24.8. The Morgan fingerprint density at radius 2 is 1.16 bits per heavy atom. The maximum absolute atomic E-state index is 12.5. The van der Waals surface area contributed by atoms with Crippen LogP contribution >= 0.6 is 7.82 Å². The normalized spacial score (nSPS) is 17.9. The standard InChI is InChI=1S/C46H82NO8P/c1-6-8-10-12-14-15-16-17-18-19-20-21-22-26-30-34-39-51-43(42-54-56(49,50)53-40-38-47(3,4)5)41-52-46(48)37-33-29-25-23-24-28-32-36-45-44(55-45)35-31-27-13-11-9-7-2/h15-16,23,25,27-28,31-32,34,39,43-45H,6-14,17-22,24,26,29-30,33,35-38,40-42H2,1-5H3/b16-15-,25-23-,31-27-,32-28-,39-34+/t43-,44?,45?/m1/s1. The van der Waals surface area contributed by atoms with Crippen LogP contribution in [0.25, 0.3) is 0 Å². The number of carbonyl (C=O) groups is 1. The number of likely N-dealkylation sites (N-methyl/N-ethyl adjacent to an activating group) is 1. The molecule has 0 aromatic rings. The van der Waals surface area contributed by atoms with E-state index in [0.29, 0.717) is 29.7 Å². The number of ether oxygens (including phenoxy) is 3. The second-order valence-electron chi connectivity index (χ2n) is 16.1. The Labute approximate surface area is 343 Å². The first-order valence-electron chi connectivity index (χ1n) is 22.2. The molecule has 1 aliphatic rings. The first-order chi connectivity index (χ1) is 27.1. The zero-order chi connectivity index (χ0) is 41.0. The van der Waals surface area contributed by atoms with Gasteiger partial charge in [-0.25, -0.2) is 0 Å². The average Bonchev–Trinajstić information content (AvgIpc) is 3.91. The van der Waals surface area contributed by atoms with Crippen LogP contribution in [0.4, 0.5) is 0 Å². The third-order valence-corrected chi connectivity index (χ3v) is 10.5. The maximum atomic E-state index is 12.5. The van der Waals surface area contributed by atoms with Crippen molar-refractivity contribution >= 4 is 13.8 Å². The number of unbranched alkanes of at least 4 members (excludes halogenated alkanes) is 15. The van der Waals surface area contributed by atoms with Gasteiger partial charge in [0, 0.05) is 6.42 Å². The van der Waals surface area contributed by atoms with E-state index in [-0.39, 0.29) is 32.2 Å². The van der Waals surface area contributed by atoms with Gasteiger partial charge in [-0.1, -0.05) is 120 Å². The lowest BCUT2D eigenvalue weighted by molar-refractivity contribution is -0.870. The highest BCUT2D eigenvalue weighted by atomic mass is 31.2. The smallest absolute Gasteiger partial charge is 0.305 e. The predicted molar refractivity (Wildman–Crippen MR) is 230 cm³/mol. The van der Waals surface area contributed by atoms with Gasteiger partial charge in [0.1, 0.15) is 19.8 Å². The minimum absolute atomic E-state index is 0.0128. The molecule has 0 amide bonds. The Balaban J connectivity index is 2.29. The van der Waals surface area contributed by atoms with Crippen LogP contribution in [-0.2, 0) is 32.6 Å². The molecule has 0 aliphatic carbocycles. The van der Waals surface area contributed by atoms with Crippen molar-refractivity contribution in [2.75, 3.05) is 47.5 Å². The van der Waals surface area contributed by atoms with Crippen molar-refractivity contribution in [1.82, 2.24) is 0 Å². The van der Waals surface area contributed by atoms with Crippen LogP contribution in [0.15, 0.2) is 60.9 Å². The summed E-state index contributed by atoms with van der Waals surface area (Å²) in [6.07, 6.45) is 46.5. The molecule has 0 aromatic carbocycles. The molecule has 0 aromatic heterocycles. The van der Waals surface area contributed by atoms with E-state index in [1.165, 1.54) is 89.9 Å². The summed E-state index contributed by atoms with van der Waals surface area (Å²) in [5.74, 6) is -0.353. The largest absolute Gasteiger partial charge is 0.756 e. The van der Waals surface area contributed by atoms with Gasteiger partial charge in [-0.2, -0.15) is 0 Å². The Bertz CT molecular complexity index is 1140. The minimum Gasteiger partial charge on any atom is -0.756 e.